The molecule has 0 radical (unpaired) electrons. The van der Waals surface area contributed by atoms with Gasteiger partial charge in [0, 0.05) is 6.20 Å². The standard InChI is InChI=1S/C20H13ClFN3O2/c1-12-7-14(11-23-10-12)25-19(26)15-8-17(22)16(21)9-18(15)24(20(25)27)13-5-3-2-4-6-13/h2-11H,1H3. The molecule has 0 atom stereocenters. The summed E-state index contributed by atoms with van der Waals surface area (Å²) in [5.41, 5.74) is 0.641. The lowest BCUT2D eigenvalue weighted by Gasteiger charge is -2.15. The SMILES string of the molecule is Cc1cncc(-n2c(=O)c3cc(F)c(Cl)cc3n(-c3ccccc3)c2=O)c1. The third kappa shape index (κ3) is 2.84. The van der Waals surface area contributed by atoms with Gasteiger partial charge in [0.1, 0.15) is 5.82 Å². The molecule has 0 N–H and O–H groups in total. The van der Waals surface area contributed by atoms with Crippen molar-refractivity contribution < 1.29 is 4.39 Å². The monoisotopic (exact) mass is 381 g/mol. The van der Waals surface area contributed by atoms with Gasteiger partial charge in [-0.1, -0.05) is 29.8 Å². The van der Waals surface area contributed by atoms with Crippen LogP contribution in [0.25, 0.3) is 22.3 Å². The van der Waals surface area contributed by atoms with Crippen molar-refractivity contribution >= 4 is 22.5 Å². The van der Waals surface area contributed by atoms with Gasteiger partial charge < -0.3 is 0 Å². The zero-order chi connectivity index (χ0) is 19.1. The molecule has 0 unspecified atom stereocenters. The number of pyridine rings is 1. The van der Waals surface area contributed by atoms with Crippen molar-refractivity contribution in [3.8, 4) is 11.4 Å². The maximum atomic E-state index is 14.1. The van der Waals surface area contributed by atoms with E-state index in [2.05, 4.69) is 4.98 Å². The molecule has 7 heteroatoms. The smallest absolute Gasteiger partial charge is 0.268 e. The molecule has 0 fully saturated rings. The average molecular weight is 382 g/mol. The summed E-state index contributed by atoms with van der Waals surface area (Å²) < 4.78 is 16.4. The van der Waals surface area contributed by atoms with Gasteiger partial charge in [0.2, 0.25) is 0 Å². The third-order valence-electron chi connectivity index (χ3n) is 4.23. The first-order valence-corrected chi connectivity index (χ1v) is 8.49. The Balaban J connectivity index is 2.23. The fourth-order valence-corrected chi connectivity index (χ4v) is 3.18. The largest absolute Gasteiger partial charge is 0.340 e. The molecule has 27 heavy (non-hydrogen) atoms. The number of aryl methyl sites for hydroxylation is 1. The molecule has 0 aliphatic heterocycles. The fourth-order valence-electron chi connectivity index (χ4n) is 3.02. The molecular weight excluding hydrogens is 369 g/mol. The van der Waals surface area contributed by atoms with Crippen LogP contribution in [0.3, 0.4) is 0 Å². The lowest BCUT2D eigenvalue weighted by molar-refractivity contribution is 0.629. The van der Waals surface area contributed by atoms with Crippen molar-refractivity contribution in [1.82, 2.24) is 14.1 Å². The highest BCUT2D eigenvalue weighted by Gasteiger charge is 2.18. The number of fused-ring (bicyclic) bond motifs is 1. The number of para-hydroxylation sites is 1. The predicted octanol–water partition coefficient (Wildman–Crippen LogP) is 3.64. The number of hydrogen-bond donors (Lipinski definition) is 0. The summed E-state index contributed by atoms with van der Waals surface area (Å²) in [4.78, 5) is 30.3. The van der Waals surface area contributed by atoms with Crippen molar-refractivity contribution in [2.24, 2.45) is 0 Å². The summed E-state index contributed by atoms with van der Waals surface area (Å²) in [6.45, 7) is 1.80. The minimum atomic E-state index is -0.728. The van der Waals surface area contributed by atoms with Gasteiger partial charge >= 0.3 is 5.69 Å². The summed E-state index contributed by atoms with van der Waals surface area (Å²) in [7, 11) is 0. The average Bonchev–Trinajstić information content (AvgIpc) is 2.65. The van der Waals surface area contributed by atoms with Crippen LogP contribution >= 0.6 is 11.6 Å². The zero-order valence-electron chi connectivity index (χ0n) is 14.2. The Morgan fingerprint density at radius 2 is 1.70 bits per heavy atom. The Kier molecular flexibility index (Phi) is 4.12. The quantitative estimate of drug-likeness (QED) is 0.532. The summed E-state index contributed by atoms with van der Waals surface area (Å²) in [6, 6.07) is 12.8. The minimum Gasteiger partial charge on any atom is -0.268 e. The molecule has 0 aliphatic rings. The van der Waals surface area contributed by atoms with E-state index in [0.717, 1.165) is 16.2 Å². The van der Waals surface area contributed by atoms with E-state index in [1.54, 1.807) is 43.5 Å². The van der Waals surface area contributed by atoms with Crippen molar-refractivity contribution in [1.29, 1.82) is 0 Å². The normalized spacial score (nSPS) is 11.1. The van der Waals surface area contributed by atoms with Crippen molar-refractivity contribution in [2.75, 3.05) is 0 Å². The molecule has 2 heterocycles. The molecular formula is C20H13ClFN3O2. The summed E-state index contributed by atoms with van der Waals surface area (Å²) in [6.07, 6.45) is 3.04. The zero-order valence-corrected chi connectivity index (χ0v) is 14.9. The van der Waals surface area contributed by atoms with E-state index < -0.39 is 17.1 Å². The van der Waals surface area contributed by atoms with Gasteiger partial charge in [0.15, 0.2) is 0 Å². The lowest BCUT2D eigenvalue weighted by atomic mass is 10.2. The van der Waals surface area contributed by atoms with Crippen molar-refractivity contribution in [3.63, 3.8) is 0 Å². The number of aromatic nitrogens is 3. The molecule has 0 saturated heterocycles. The maximum Gasteiger partial charge on any atom is 0.340 e. The van der Waals surface area contributed by atoms with Gasteiger partial charge in [-0.15, -0.1) is 0 Å². The second-order valence-corrected chi connectivity index (χ2v) is 6.51. The molecule has 0 aliphatic carbocycles. The highest BCUT2D eigenvalue weighted by molar-refractivity contribution is 6.31. The molecule has 0 spiro atoms. The lowest BCUT2D eigenvalue weighted by Crippen LogP contribution is -2.38. The molecule has 2 aromatic carbocycles. The Labute approximate surface area is 157 Å². The van der Waals surface area contributed by atoms with Crippen molar-refractivity contribution in [2.45, 2.75) is 6.92 Å². The second kappa shape index (κ2) is 6.48. The van der Waals surface area contributed by atoms with Crippen LogP contribution in [0, 0.1) is 12.7 Å². The summed E-state index contributed by atoms with van der Waals surface area (Å²) in [5, 5.41) is -0.122. The first-order chi connectivity index (χ1) is 13.0. The van der Waals surface area contributed by atoms with E-state index in [1.165, 1.54) is 16.8 Å². The Morgan fingerprint density at radius 3 is 2.41 bits per heavy atom. The first kappa shape index (κ1) is 17.2. The number of nitrogens with zero attached hydrogens (tertiary/aromatic N) is 3. The van der Waals surface area contributed by atoms with E-state index in [9.17, 15) is 14.0 Å². The van der Waals surface area contributed by atoms with Gasteiger partial charge in [-0.3, -0.25) is 14.3 Å². The van der Waals surface area contributed by atoms with Crippen LogP contribution in [0.15, 0.2) is 70.5 Å². The van der Waals surface area contributed by atoms with Crippen LogP contribution in [-0.2, 0) is 0 Å². The van der Waals surface area contributed by atoms with E-state index in [1.807, 2.05) is 6.07 Å². The van der Waals surface area contributed by atoms with Crippen molar-refractivity contribution in [3.05, 3.63) is 98.2 Å². The van der Waals surface area contributed by atoms with E-state index in [0.29, 0.717) is 11.4 Å². The summed E-state index contributed by atoms with van der Waals surface area (Å²) in [5.74, 6) is -0.728. The number of hydrogen-bond acceptors (Lipinski definition) is 3. The van der Waals surface area contributed by atoms with E-state index >= 15 is 0 Å². The Hall–Kier alpha value is -3.25. The molecule has 0 saturated carbocycles. The van der Waals surface area contributed by atoms with Crippen LogP contribution in [0.2, 0.25) is 5.02 Å². The summed E-state index contributed by atoms with van der Waals surface area (Å²) >= 11 is 5.92. The van der Waals surface area contributed by atoms with Crippen LogP contribution in [0.5, 0.6) is 0 Å². The van der Waals surface area contributed by atoms with Crippen LogP contribution < -0.4 is 11.2 Å². The molecule has 0 bridgehead atoms. The Morgan fingerprint density at radius 1 is 0.963 bits per heavy atom. The maximum absolute atomic E-state index is 14.1. The number of benzene rings is 2. The van der Waals surface area contributed by atoms with Crippen LogP contribution in [0.4, 0.5) is 4.39 Å². The fraction of sp³-hybridized carbons (Fsp3) is 0.0500. The van der Waals surface area contributed by atoms with Gasteiger partial charge in [-0.2, -0.15) is 0 Å². The Bertz CT molecular complexity index is 1300. The minimum absolute atomic E-state index is 0.0434. The third-order valence-corrected chi connectivity index (χ3v) is 4.52. The number of halogens is 2. The first-order valence-electron chi connectivity index (χ1n) is 8.11. The molecule has 5 nitrogen and oxygen atoms in total. The molecule has 4 rings (SSSR count). The highest BCUT2D eigenvalue weighted by atomic mass is 35.5. The highest BCUT2D eigenvalue weighted by Crippen LogP contribution is 2.22. The number of rotatable bonds is 2. The second-order valence-electron chi connectivity index (χ2n) is 6.10. The molecule has 4 aromatic rings. The van der Waals surface area contributed by atoms with Crippen LogP contribution in [0.1, 0.15) is 5.56 Å². The molecule has 0 amide bonds. The topological polar surface area (TPSA) is 56.9 Å². The molecule has 2 aromatic heterocycles. The van der Waals surface area contributed by atoms with Gasteiger partial charge in [0.25, 0.3) is 5.56 Å². The van der Waals surface area contributed by atoms with E-state index in [4.69, 9.17) is 11.6 Å². The van der Waals surface area contributed by atoms with Gasteiger partial charge in [-0.25, -0.2) is 13.8 Å². The van der Waals surface area contributed by atoms with E-state index in [-0.39, 0.29) is 15.9 Å². The van der Waals surface area contributed by atoms with Gasteiger partial charge in [0.05, 0.1) is 33.5 Å². The molecule has 134 valence electrons. The van der Waals surface area contributed by atoms with Crippen LogP contribution in [-0.4, -0.2) is 14.1 Å². The van der Waals surface area contributed by atoms with Gasteiger partial charge in [-0.05, 0) is 42.8 Å². The predicted molar refractivity (Wildman–Crippen MR) is 103 cm³/mol.